The molecule has 7 N–H and O–H groups in total. The maximum absolute atomic E-state index is 10.4. The zero-order valence-corrected chi connectivity index (χ0v) is 7.60. The second-order valence-corrected chi connectivity index (χ2v) is 2.89. The van der Waals surface area contributed by atoms with E-state index in [-0.39, 0.29) is 5.48 Å². The Labute approximate surface area is 81.6 Å². The van der Waals surface area contributed by atoms with Crippen LogP contribution in [-0.4, -0.2) is 22.6 Å². The lowest BCUT2D eigenvalue weighted by molar-refractivity contribution is -0.138. The Hall–Kier alpha value is -1.59. The molecule has 0 saturated heterocycles. The van der Waals surface area contributed by atoms with E-state index in [1.165, 1.54) is 0 Å². The van der Waals surface area contributed by atoms with Crippen molar-refractivity contribution in [1.82, 2.24) is 0 Å². The number of carbonyl (C=O) groups is 1. The minimum Gasteiger partial charge on any atom is -0.480 e. The fourth-order valence-electron chi connectivity index (χ4n) is 0.995. The maximum atomic E-state index is 10.4. The summed E-state index contributed by atoms with van der Waals surface area (Å²) >= 11 is 0. The quantitative estimate of drug-likeness (QED) is 0.561. The normalized spacial score (nSPS) is 11.5. The lowest BCUT2D eigenvalue weighted by atomic mass is 10.1. The summed E-state index contributed by atoms with van der Waals surface area (Å²) in [5.41, 5.74) is 12.4. The summed E-state index contributed by atoms with van der Waals surface area (Å²) in [6.45, 7) is 0. The third-order valence-corrected chi connectivity index (χ3v) is 1.75. The number of anilines is 1. The summed E-state index contributed by atoms with van der Waals surface area (Å²) in [6.07, 6.45) is 0.329. The predicted octanol–water partition coefficient (Wildman–Crippen LogP) is -0.602. The van der Waals surface area contributed by atoms with Gasteiger partial charge in [-0.15, -0.1) is 0 Å². The summed E-state index contributed by atoms with van der Waals surface area (Å²) < 4.78 is 0. The number of hydrogen-bond acceptors (Lipinski definition) is 3. The molecule has 1 aromatic rings. The van der Waals surface area contributed by atoms with Gasteiger partial charge in [0.05, 0.1) is 0 Å². The minimum atomic E-state index is -0.989. The molecule has 5 nitrogen and oxygen atoms in total. The van der Waals surface area contributed by atoms with E-state index >= 15 is 0 Å². The van der Waals surface area contributed by atoms with Gasteiger partial charge in [0.2, 0.25) is 0 Å². The van der Waals surface area contributed by atoms with Crippen LogP contribution in [0.25, 0.3) is 0 Å². The van der Waals surface area contributed by atoms with Gasteiger partial charge in [0.1, 0.15) is 6.04 Å². The van der Waals surface area contributed by atoms with Gasteiger partial charge in [0, 0.05) is 5.69 Å². The third-order valence-electron chi connectivity index (χ3n) is 1.75. The summed E-state index contributed by atoms with van der Waals surface area (Å²) in [7, 11) is 0. The number of aliphatic carboxylic acids is 1. The monoisotopic (exact) mass is 198 g/mol. The molecule has 78 valence electrons. The van der Waals surface area contributed by atoms with E-state index in [2.05, 4.69) is 0 Å². The van der Waals surface area contributed by atoms with Crippen molar-refractivity contribution in [2.45, 2.75) is 12.5 Å². The SMILES string of the molecule is Nc1ccc(C[C@@H](N)C(=O)O)cc1.O. The van der Waals surface area contributed by atoms with E-state index < -0.39 is 12.0 Å². The van der Waals surface area contributed by atoms with Gasteiger partial charge in [0.25, 0.3) is 0 Å². The van der Waals surface area contributed by atoms with Crippen molar-refractivity contribution in [3.8, 4) is 0 Å². The molecule has 0 spiro atoms. The number of nitrogen functional groups attached to an aromatic ring is 1. The highest BCUT2D eigenvalue weighted by Crippen LogP contribution is 2.07. The van der Waals surface area contributed by atoms with E-state index in [9.17, 15) is 4.79 Å². The molecule has 0 amide bonds. The average molecular weight is 198 g/mol. The van der Waals surface area contributed by atoms with Crippen molar-refractivity contribution in [3.63, 3.8) is 0 Å². The molecule has 14 heavy (non-hydrogen) atoms. The van der Waals surface area contributed by atoms with Gasteiger partial charge in [-0.05, 0) is 24.1 Å². The smallest absolute Gasteiger partial charge is 0.320 e. The largest absolute Gasteiger partial charge is 0.480 e. The van der Waals surface area contributed by atoms with Gasteiger partial charge in [-0.25, -0.2) is 0 Å². The highest BCUT2D eigenvalue weighted by atomic mass is 16.4. The van der Waals surface area contributed by atoms with E-state index in [1.807, 2.05) is 0 Å². The topological polar surface area (TPSA) is 121 Å². The molecular formula is C9H14N2O3. The zero-order valence-electron chi connectivity index (χ0n) is 7.60. The maximum Gasteiger partial charge on any atom is 0.320 e. The van der Waals surface area contributed by atoms with Crippen molar-refractivity contribution < 1.29 is 15.4 Å². The van der Waals surface area contributed by atoms with Crippen LogP contribution in [0.5, 0.6) is 0 Å². The van der Waals surface area contributed by atoms with Crippen LogP contribution in [-0.2, 0) is 11.2 Å². The standard InChI is InChI=1S/C9H12N2O2.H2O/c10-7-3-1-6(2-4-7)5-8(11)9(12)13;/h1-4,8H,5,10-11H2,(H,12,13);1H2/t8-;/m1./s1. The van der Waals surface area contributed by atoms with Gasteiger partial charge >= 0.3 is 5.97 Å². The van der Waals surface area contributed by atoms with Crippen LogP contribution in [0.4, 0.5) is 5.69 Å². The van der Waals surface area contributed by atoms with Crippen LogP contribution in [0, 0.1) is 0 Å². The number of carboxylic acids is 1. The van der Waals surface area contributed by atoms with Crippen LogP contribution in [0.3, 0.4) is 0 Å². The van der Waals surface area contributed by atoms with E-state index in [0.29, 0.717) is 12.1 Å². The highest BCUT2D eigenvalue weighted by molar-refractivity contribution is 5.73. The molecule has 0 aromatic heterocycles. The second-order valence-electron chi connectivity index (χ2n) is 2.89. The number of benzene rings is 1. The lowest BCUT2D eigenvalue weighted by Crippen LogP contribution is -2.32. The third kappa shape index (κ3) is 3.42. The molecule has 1 rings (SSSR count). The summed E-state index contributed by atoms with van der Waals surface area (Å²) in [4.78, 5) is 10.4. The molecule has 0 aliphatic heterocycles. The molecule has 0 radical (unpaired) electrons. The average Bonchev–Trinajstić information content (AvgIpc) is 2.08. The Morgan fingerprint density at radius 2 is 1.86 bits per heavy atom. The van der Waals surface area contributed by atoms with Crippen LogP contribution in [0.15, 0.2) is 24.3 Å². The Balaban J connectivity index is 0.00000169. The van der Waals surface area contributed by atoms with Gasteiger partial charge in [-0.2, -0.15) is 0 Å². The van der Waals surface area contributed by atoms with Gasteiger partial charge in [0.15, 0.2) is 0 Å². The Morgan fingerprint density at radius 1 is 1.36 bits per heavy atom. The predicted molar refractivity (Wildman–Crippen MR) is 53.8 cm³/mol. The number of nitrogens with two attached hydrogens (primary N) is 2. The van der Waals surface area contributed by atoms with Crippen molar-refractivity contribution in [2.75, 3.05) is 5.73 Å². The molecule has 1 atom stereocenters. The molecule has 1 aromatic carbocycles. The van der Waals surface area contributed by atoms with Crippen LogP contribution >= 0.6 is 0 Å². The van der Waals surface area contributed by atoms with Crippen molar-refractivity contribution in [1.29, 1.82) is 0 Å². The second kappa shape index (κ2) is 5.21. The molecular weight excluding hydrogens is 184 g/mol. The number of hydrogen-bond donors (Lipinski definition) is 3. The first-order chi connectivity index (χ1) is 6.09. The first-order valence-electron chi connectivity index (χ1n) is 3.92. The highest BCUT2D eigenvalue weighted by Gasteiger charge is 2.11. The summed E-state index contributed by atoms with van der Waals surface area (Å²) in [6, 6.07) is 6.16. The molecule has 0 bridgehead atoms. The Kier molecular flexibility index (Phi) is 4.62. The Morgan fingerprint density at radius 3 is 2.29 bits per heavy atom. The molecule has 0 saturated carbocycles. The molecule has 0 unspecified atom stereocenters. The lowest BCUT2D eigenvalue weighted by Gasteiger charge is -2.05. The van der Waals surface area contributed by atoms with Crippen LogP contribution in [0.2, 0.25) is 0 Å². The summed E-state index contributed by atoms with van der Waals surface area (Å²) in [5, 5.41) is 8.55. The Bertz CT molecular complexity index is 297. The molecule has 0 fully saturated rings. The fourth-order valence-corrected chi connectivity index (χ4v) is 0.995. The van der Waals surface area contributed by atoms with Crippen molar-refractivity contribution in [3.05, 3.63) is 29.8 Å². The van der Waals surface area contributed by atoms with Crippen molar-refractivity contribution >= 4 is 11.7 Å². The zero-order chi connectivity index (χ0) is 9.84. The number of carboxylic acid groups (broad SMARTS) is 1. The van der Waals surface area contributed by atoms with Gasteiger partial charge in [-0.3, -0.25) is 4.79 Å². The van der Waals surface area contributed by atoms with Crippen LogP contribution < -0.4 is 11.5 Å². The van der Waals surface area contributed by atoms with E-state index in [1.54, 1.807) is 24.3 Å². The number of rotatable bonds is 3. The molecule has 5 heteroatoms. The van der Waals surface area contributed by atoms with Gasteiger partial charge < -0.3 is 22.1 Å². The first-order valence-corrected chi connectivity index (χ1v) is 3.92. The van der Waals surface area contributed by atoms with E-state index in [4.69, 9.17) is 16.6 Å². The minimum absolute atomic E-state index is 0. The molecule has 0 aliphatic rings. The van der Waals surface area contributed by atoms with Crippen molar-refractivity contribution in [2.24, 2.45) is 5.73 Å². The van der Waals surface area contributed by atoms with E-state index in [0.717, 1.165) is 5.56 Å². The molecule has 0 aliphatic carbocycles. The molecule has 0 heterocycles. The van der Waals surface area contributed by atoms with Crippen LogP contribution in [0.1, 0.15) is 5.56 Å². The fraction of sp³-hybridized carbons (Fsp3) is 0.222. The first kappa shape index (κ1) is 12.4. The van der Waals surface area contributed by atoms with Gasteiger partial charge in [-0.1, -0.05) is 12.1 Å². The summed E-state index contributed by atoms with van der Waals surface area (Å²) in [5.74, 6) is -0.989.